The van der Waals surface area contributed by atoms with E-state index in [4.69, 9.17) is 9.47 Å². The molecule has 4 atom stereocenters. The molecule has 4 heterocycles. The third-order valence-electron chi connectivity index (χ3n) is 7.14. The number of para-hydroxylation sites is 1. The fourth-order valence-corrected chi connectivity index (χ4v) is 5.57. The number of hydrogen-bond acceptors (Lipinski definition) is 4. The van der Waals surface area contributed by atoms with Crippen LogP contribution < -0.4 is 15.0 Å². The minimum absolute atomic E-state index is 0.0770. The van der Waals surface area contributed by atoms with Crippen molar-refractivity contribution < 1.29 is 19.1 Å². The number of carbonyl (C=O) groups is 2. The number of H-pyrrole nitrogens is 1. The highest BCUT2D eigenvalue weighted by Crippen LogP contribution is 2.52. The number of nitrogens with zero attached hydrogens (tertiary/aromatic N) is 1. The Morgan fingerprint density at radius 3 is 3.03 bits per heavy atom. The molecule has 7 heteroatoms. The first-order chi connectivity index (χ1) is 16.1. The van der Waals surface area contributed by atoms with Gasteiger partial charge in [0.15, 0.2) is 0 Å². The van der Waals surface area contributed by atoms with Crippen molar-refractivity contribution in [3.8, 4) is 5.75 Å². The summed E-state index contributed by atoms with van der Waals surface area (Å²) in [6, 6.07) is 15.5. The standard InChI is InChI=1S/C26H25N3O4/c1-32-18-6-4-5-17(13-18)29-15-26-11-9-21(33-26)22(23(26)25(29)31)24(30)27-12-10-16-14-28-20-8-3-2-7-19(16)20/h2-9,11,13-14,21-23,28H,10,12,15H2,1H3,(H,27,30)/t21-,22-,23+,26+/m1/s1. The van der Waals surface area contributed by atoms with Crippen molar-refractivity contribution in [1.29, 1.82) is 0 Å². The maximum atomic E-state index is 13.5. The average Bonchev–Trinajstić information content (AvgIpc) is 3.59. The molecule has 3 aliphatic rings. The lowest BCUT2D eigenvalue weighted by atomic mass is 9.77. The Bertz CT molecular complexity index is 1280. The van der Waals surface area contributed by atoms with Gasteiger partial charge in [0.2, 0.25) is 11.8 Å². The maximum Gasteiger partial charge on any atom is 0.234 e. The third-order valence-corrected chi connectivity index (χ3v) is 7.14. The van der Waals surface area contributed by atoms with Crippen LogP contribution in [-0.2, 0) is 20.7 Å². The van der Waals surface area contributed by atoms with Crippen molar-refractivity contribution in [2.45, 2.75) is 18.1 Å². The molecule has 2 saturated heterocycles. The molecule has 168 valence electrons. The van der Waals surface area contributed by atoms with Crippen molar-refractivity contribution in [3.63, 3.8) is 0 Å². The van der Waals surface area contributed by atoms with Gasteiger partial charge in [-0.3, -0.25) is 9.59 Å². The van der Waals surface area contributed by atoms with Crippen LogP contribution in [0.25, 0.3) is 10.9 Å². The summed E-state index contributed by atoms with van der Waals surface area (Å²) in [7, 11) is 1.60. The van der Waals surface area contributed by atoms with Gasteiger partial charge in [0, 0.05) is 35.4 Å². The number of anilines is 1. The number of aromatic nitrogens is 1. The molecule has 6 rings (SSSR count). The van der Waals surface area contributed by atoms with Gasteiger partial charge in [-0.1, -0.05) is 36.4 Å². The van der Waals surface area contributed by atoms with Crippen LogP contribution in [0.1, 0.15) is 5.56 Å². The number of hydrogen-bond donors (Lipinski definition) is 2. The van der Waals surface area contributed by atoms with Gasteiger partial charge in [0.25, 0.3) is 0 Å². The molecule has 1 aromatic heterocycles. The van der Waals surface area contributed by atoms with Crippen LogP contribution >= 0.6 is 0 Å². The zero-order valence-corrected chi connectivity index (χ0v) is 18.3. The SMILES string of the molecule is COc1cccc(N2C[C@]34C=C[C@@H](O3)[C@@H](C(=O)NCCc3c[nH]c5ccccc35)[C@H]4C2=O)c1. The highest BCUT2D eigenvalue weighted by molar-refractivity contribution is 6.03. The molecule has 33 heavy (non-hydrogen) atoms. The Hall–Kier alpha value is -3.58. The number of methoxy groups -OCH3 is 1. The molecule has 3 aliphatic heterocycles. The van der Waals surface area contributed by atoms with Crippen LogP contribution in [0.4, 0.5) is 5.69 Å². The van der Waals surface area contributed by atoms with Gasteiger partial charge in [0.05, 0.1) is 31.6 Å². The van der Waals surface area contributed by atoms with E-state index < -0.39 is 17.4 Å². The van der Waals surface area contributed by atoms with Crippen LogP contribution in [0.3, 0.4) is 0 Å². The summed E-state index contributed by atoms with van der Waals surface area (Å²) in [6.07, 6.45) is 6.24. The van der Waals surface area contributed by atoms with E-state index in [0.717, 1.165) is 22.2 Å². The summed E-state index contributed by atoms with van der Waals surface area (Å²) in [4.78, 5) is 31.7. The van der Waals surface area contributed by atoms with Gasteiger partial charge >= 0.3 is 0 Å². The molecule has 0 saturated carbocycles. The molecule has 2 aromatic carbocycles. The molecule has 0 aliphatic carbocycles. The maximum absolute atomic E-state index is 13.5. The normalized spacial score (nSPS) is 27.4. The van der Waals surface area contributed by atoms with E-state index in [1.54, 1.807) is 12.0 Å². The van der Waals surface area contributed by atoms with Gasteiger partial charge in [0.1, 0.15) is 11.4 Å². The Labute approximate surface area is 191 Å². The second-order valence-corrected chi connectivity index (χ2v) is 8.93. The van der Waals surface area contributed by atoms with Gasteiger partial charge in [-0.05, 0) is 30.2 Å². The molecule has 2 bridgehead atoms. The van der Waals surface area contributed by atoms with Gasteiger partial charge in [-0.15, -0.1) is 0 Å². The number of carbonyl (C=O) groups excluding carboxylic acids is 2. The van der Waals surface area contributed by atoms with Crippen molar-refractivity contribution in [3.05, 3.63) is 72.4 Å². The molecular weight excluding hydrogens is 418 g/mol. The van der Waals surface area contributed by atoms with E-state index in [-0.39, 0.29) is 17.9 Å². The van der Waals surface area contributed by atoms with E-state index in [1.807, 2.05) is 60.8 Å². The summed E-state index contributed by atoms with van der Waals surface area (Å²) in [6.45, 7) is 0.900. The van der Waals surface area contributed by atoms with Gasteiger partial charge in [-0.2, -0.15) is 0 Å². The predicted molar refractivity (Wildman–Crippen MR) is 124 cm³/mol. The third kappa shape index (κ3) is 3.07. The molecule has 2 fully saturated rings. The minimum atomic E-state index is -0.746. The largest absolute Gasteiger partial charge is 0.497 e. The summed E-state index contributed by atoms with van der Waals surface area (Å²) in [5.74, 6) is -0.571. The van der Waals surface area contributed by atoms with Crippen LogP contribution in [0.15, 0.2) is 66.9 Å². The monoisotopic (exact) mass is 443 g/mol. The van der Waals surface area contributed by atoms with Crippen molar-refractivity contribution in [2.75, 3.05) is 25.1 Å². The molecule has 3 aromatic rings. The molecule has 2 N–H and O–H groups in total. The van der Waals surface area contributed by atoms with Crippen molar-refractivity contribution in [1.82, 2.24) is 10.3 Å². The van der Waals surface area contributed by atoms with E-state index >= 15 is 0 Å². The van der Waals surface area contributed by atoms with Crippen LogP contribution in [0.2, 0.25) is 0 Å². The lowest BCUT2D eigenvalue weighted by molar-refractivity contribution is -0.131. The summed E-state index contributed by atoms with van der Waals surface area (Å²) in [5, 5.41) is 4.22. The zero-order chi connectivity index (χ0) is 22.6. The Kier molecular flexibility index (Phi) is 4.55. The number of amides is 2. The lowest BCUT2D eigenvalue weighted by Crippen LogP contribution is -2.44. The Morgan fingerprint density at radius 1 is 1.27 bits per heavy atom. The minimum Gasteiger partial charge on any atom is -0.497 e. The summed E-state index contributed by atoms with van der Waals surface area (Å²) >= 11 is 0. The number of ether oxygens (including phenoxy) is 2. The smallest absolute Gasteiger partial charge is 0.234 e. The fraction of sp³-hybridized carbons (Fsp3) is 0.308. The number of aromatic amines is 1. The molecule has 0 unspecified atom stereocenters. The highest BCUT2D eigenvalue weighted by atomic mass is 16.5. The van der Waals surface area contributed by atoms with Gasteiger partial charge in [-0.25, -0.2) is 0 Å². The zero-order valence-electron chi connectivity index (χ0n) is 18.3. The van der Waals surface area contributed by atoms with E-state index in [2.05, 4.69) is 16.4 Å². The second kappa shape index (κ2) is 7.49. The Morgan fingerprint density at radius 2 is 2.15 bits per heavy atom. The number of rotatable bonds is 6. The molecule has 2 amide bonds. The van der Waals surface area contributed by atoms with Crippen LogP contribution in [-0.4, -0.2) is 48.7 Å². The topological polar surface area (TPSA) is 83.7 Å². The Balaban J connectivity index is 1.18. The fourth-order valence-electron chi connectivity index (χ4n) is 5.57. The average molecular weight is 444 g/mol. The quantitative estimate of drug-likeness (QED) is 0.574. The van der Waals surface area contributed by atoms with Crippen molar-refractivity contribution >= 4 is 28.4 Å². The molecule has 0 radical (unpaired) electrons. The van der Waals surface area contributed by atoms with Crippen LogP contribution in [0.5, 0.6) is 5.75 Å². The van der Waals surface area contributed by atoms with E-state index in [0.29, 0.717) is 25.3 Å². The van der Waals surface area contributed by atoms with E-state index in [1.165, 1.54) is 0 Å². The number of benzene rings is 2. The highest BCUT2D eigenvalue weighted by Gasteiger charge is 2.67. The van der Waals surface area contributed by atoms with Gasteiger partial charge < -0.3 is 24.7 Å². The number of fused-ring (bicyclic) bond motifs is 2. The number of nitrogens with one attached hydrogen (secondary N) is 2. The summed E-state index contributed by atoms with van der Waals surface area (Å²) in [5.41, 5.74) is 2.25. The van der Waals surface area contributed by atoms with E-state index in [9.17, 15) is 9.59 Å². The molecule has 1 spiro atoms. The first-order valence-corrected chi connectivity index (χ1v) is 11.2. The first kappa shape index (κ1) is 20.1. The predicted octanol–water partition coefficient (Wildman–Crippen LogP) is 2.82. The first-order valence-electron chi connectivity index (χ1n) is 11.2. The summed E-state index contributed by atoms with van der Waals surface area (Å²) < 4.78 is 11.6. The van der Waals surface area contributed by atoms with Crippen LogP contribution in [0, 0.1) is 11.8 Å². The molecule has 7 nitrogen and oxygen atoms in total. The second-order valence-electron chi connectivity index (χ2n) is 8.93. The molecular formula is C26H25N3O4. The lowest BCUT2D eigenvalue weighted by Gasteiger charge is -2.23. The van der Waals surface area contributed by atoms with Crippen molar-refractivity contribution in [2.24, 2.45) is 11.8 Å².